The highest BCUT2D eigenvalue weighted by molar-refractivity contribution is 6.36. The largest absolute Gasteiger partial charge is 0.489 e. The summed E-state index contributed by atoms with van der Waals surface area (Å²) in [6, 6.07) is 7.24. The molecule has 1 aromatic heterocycles. The molecule has 0 amide bonds. The molecule has 3 heterocycles. The Balaban J connectivity index is 1.03. The first-order chi connectivity index (χ1) is 16.6. The van der Waals surface area contributed by atoms with Crippen LogP contribution in [0.2, 0.25) is 10.0 Å². The highest BCUT2D eigenvalue weighted by atomic mass is 35.5. The molecule has 0 radical (unpaired) electrons. The number of hydrogen-bond donors (Lipinski definition) is 0. The molecule has 2 aromatic rings. The number of hydrogen-bond acceptors (Lipinski definition) is 5. The first-order valence-corrected chi connectivity index (χ1v) is 13.4. The Bertz CT molecular complexity index is 1010. The highest BCUT2D eigenvalue weighted by Crippen LogP contribution is 2.36. The van der Waals surface area contributed by atoms with Crippen molar-refractivity contribution < 1.29 is 9.53 Å². The molecule has 5 nitrogen and oxygen atoms in total. The SMILES string of the molecule is O=C(CC1CCC(CCN2CCN(c3nccc4c3OCC4)CC2)CC1)c1ccc(Cl)cc1Cl. The van der Waals surface area contributed by atoms with E-state index in [1.165, 1.54) is 31.4 Å². The van der Waals surface area contributed by atoms with Crippen molar-refractivity contribution in [3.8, 4) is 5.75 Å². The van der Waals surface area contributed by atoms with Crippen LogP contribution in [-0.2, 0) is 6.42 Å². The molecule has 1 aromatic carbocycles. The Morgan fingerprint density at radius 3 is 2.56 bits per heavy atom. The van der Waals surface area contributed by atoms with Gasteiger partial charge in [-0.3, -0.25) is 9.69 Å². The van der Waals surface area contributed by atoms with Gasteiger partial charge in [-0.1, -0.05) is 36.0 Å². The average molecular weight is 502 g/mol. The lowest BCUT2D eigenvalue weighted by Gasteiger charge is -2.37. The summed E-state index contributed by atoms with van der Waals surface area (Å²) in [6.07, 6.45) is 9.50. The zero-order valence-corrected chi connectivity index (χ0v) is 21.2. The van der Waals surface area contributed by atoms with Gasteiger partial charge in [0, 0.05) is 61.4 Å². The number of aromatic nitrogens is 1. The number of pyridine rings is 1. The fourth-order valence-electron chi connectivity index (χ4n) is 5.68. The zero-order chi connectivity index (χ0) is 23.5. The molecule has 0 unspecified atom stereocenters. The van der Waals surface area contributed by atoms with Crippen molar-refractivity contribution in [2.45, 2.75) is 44.9 Å². The van der Waals surface area contributed by atoms with Gasteiger partial charge in [-0.15, -0.1) is 0 Å². The second-order valence-corrected chi connectivity index (χ2v) is 10.8. The smallest absolute Gasteiger partial charge is 0.171 e. The van der Waals surface area contributed by atoms with Crippen molar-refractivity contribution >= 4 is 34.8 Å². The van der Waals surface area contributed by atoms with Crippen LogP contribution in [0.1, 0.15) is 54.4 Å². The van der Waals surface area contributed by atoms with Crippen LogP contribution in [0.25, 0.3) is 0 Å². The third kappa shape index (κ3) is 5.53. The van der Waals surface area contributed by atoms with Crippen LogP contribution >= 0.6 is 23.2 Å². The van der Waals surface area contributed by atoms with Gasteiger partial charge in [-0.05, 0) is 61.9 Å². The molecular weight excluding hydrogens is 469 g/mol. The fourth-order valence-corrected chi connectivity index (χ4v) is 6.19. The summed E-state index contributed by atoms with van der Waals surface area (Å²) in [7, 11) is 0. The summed E-state index contributed by atoms with van der Waals surface area (Å²) in [5.41, 5.74) is 1.90. The molecule has 2 aliphatic heterocycles. The van der Waals surface area contributed by atoms with Crippen molar-refractivity contribution in [2.24, 2.45) is 11.8 Å². The van der Waals surface area contributed by atoms with Crippen LogP contribution < -0.4 is 9.64 Å². The quantitative estimate of drug-likeness (QED) is 0.440. The normalized spacial score (nSPS) is 22.9. The summed E-state index contributed by atoms with van der Waals surface area (Å²) in [4.78, 5) is 22.3. The zero-order valence-electron chi connectivity index (χ0n) is 19.6. The van der Waals surface area contributed by atoms with Crippen LogP contribution in [0.5, 0.6) is 5.75 Å². The average Bonchev–Trinajstić information content (AvgIpc) is 3.33. The third-order valence-electron chi connectivity index (χ3n) is 7.78. The van der Waals surface area contributed by atoms with Crippen LogP contribution in [0.3, 0.4) is 0 Å². The number of rotatable bonds is 7. The van der Waals surface area contributed by atoms with Gasteiger partial charge < -0.3 is 9.64 Å². The first kappa shape index (κ1) is 23.9. The van der Waals surface area contributed by atoms with Crippen molar-refractivity contribution in [3.05, 3.63) is 51.6 Å². The van der Waals surface area contributed by atoms with Gasteiger partial charge >= 0.3 is 0 Å². The van der Waals surface area contributed by atoms with Gasteiger partial charge in [0.15, 0.2) is 17.4 Å². The molecule has 0 bridgehead atoms. The topological polar surface area (TPSA) is 45.7 Å². The number of fused-ring (bicyclic) bond motifs is 1. The lowest BCUT2D eigenvalue weighted by molar-refractivity contribution is 0.0940. The molecule has 7 heteroatoms. The number of halogens is 2. The van der Waals surface area contributed by atoms with Gasteiger partial charge in [-0.2, -0.15) is 0 Å². The molecule has 0 spiro atoms. The van der Waals surface area contributed by atoms with Gasteiger partial charge in [0.1, 0.15) is 0 Å². The Morgan fingerprint density at radius 2 is 1.79 bits per heavy atom. The van der Waals surface area contributed by atoms with Crippen LogP contribution in [-0.4, -0.2) is 55.0 Å². The minimum atomic E-state index is 0.145. The summed E-state index contributed by atoms with van der Waals surface area (Å²) in [6.45, 7) is 6.12. The van der Waals surface area contributed by atoms with Crippen molar-refractivity contribution in [1.82, 2.24) is 9.88 Å². The van der Waals surface area contributed by atoms with E-state index in [-0.39, 0.29) is 5.78 Å². The predicted octanol–water partition coefficient (Wildman–Crippen LogP) is 5.91. The van der Waals surface area contributed by atoms with Crippen molar-refractivity contribution in [1.29, 1.82) is 0 Å². The molecule has 3 aliphatic rings. The third-order valence-corrected chi connectivity index (χ3v) is 8.33. The Hall–Kier alpha value is -1.82. The standard InChI is InChI=1S/C27H33Cl2N3O2/c28-22-5-6-23(24(29)18-22)25(33)17-20-3-1-19(2-4-20)8-11-31-12-14-32(15-13-31)27-26-21(7-10-30-27)9-16-34-26/h5-7,10,18-20H,1-4,8-9,11-17H2. The summed E-state index contributed by atoms with van der Waals surface area (Å²) in [5, 5.41) is 1.03. The summed E-state index contributed by atoms with van der Waals surface area (Å²) < 4.78 is 5.85. The van der Waals surface area contributed by atoms with Gasteiger partial charge in [0.2, 0.25) is 0 Å². The maximum Gasteiger partial charge on any atom is 0.171 e. The molecule has 2 fully saturated rings. The molecular formula is C27H33Cl2N3O2. The predicted molar refractivity (Wildman–Crippen MR) is 138 cm³/mol. The number of carbonyl (C=O) groups is 1. The second-order valence-electron chi connectivity index (χ2n) is 9.98. The molecule has 1 saturated heterocycles. The molecule has 1 aliphatic carbocycles. The number of ether oxygens (including phenoxy) is 1. The Kier molecular flexibility index (Phi) is 7.62. The molecule has 5 rings (SSSR count). The van der Waals surface area contributed by atoms with E-state index in [1.54, 1.807) is 18.2 Å². The maximum absolute atomic E-state index is 12.7. The molecule has 0 N–H and O–H groups in total. The van der Waals surface area contributed by atoms with E-state index in [0.717, 1.165) is 69.5 Å². The van der Waals surface area contributed by atoms with Crippen LogP contribution in [0.15, 0.2) is 30.5 Å². The minimum absolute atomic E-state index is 0.145. The lowest BCUT2D eigenvalue weighted by atomic mass is 9.78. The Labute approximate surface area is 212 Å². The van der Waals surface area contributed by atoms with E-state index >= 15 is 0 Å². The molecule has 182 valence electrons. The first-order valence-electron chi connectivity index (χ1n) is 12.6. The number of piperazine rings is 1. The monoisotopic (exact) mass is 501 g/mol. The van der Waals surface area contributed by atoms with Crippen LogP contribution in [0, 0.1) is 11.8 Å². The molecule has 34 heavy (non-hydrogen) atoms. The number of ketones is 1. The van der Waals surface area contributed by atoms with Gasteiger partial charge in [0.05, 0.1) is 11.6 Å². The fraction of sp³-hybridized carbons (Fsp3) is 0.556. The van der Waals surface area contributed by atoms with E-state index < -0.39 is 0 Å². The molecule has 1 saturated carbocycles. The molecule has 0 atom stereocenters. The number of Topliss-reactive ketones (excluding diaryl/α,β-unsaturated/α-hetero) is 1. The van der Waals surface area contributed by atoms with Crippen molar-refractivity contribution in [3.63, 3.8) is 0 Å². The van der Waals surface area contributed by atoms with E-state index in [1.807, 2.05) is 6.20 Å². The van der Waals surface area contributed by atoms with Crippen LogP contribution in [0.4, 0.5) is 5.82 Å². The lowest BCUT2D eigenvalue weighted by Crippen LogP contribution is -2.47. The number of carbonyl (C=O) groups excluding carboxylic acids is 1. The highest BCUT2D eigenvalue weighted by Gasteiger charge is 2.27. The number of anilines is 1. The summed E-state index contributed by atoms with van der Waals surface area (Å²) in [5.74, 6) is 3.43. The van der Waals surface area contributed by atoms with Gasteiger partial charge in [0.25, 0.3) is 0 Å². The van der Waals surface area contributed by atoms with E-state index in [4.69, 9.17) is 27.9 Å². The van der Waals surface area contributed by atoms with Gasteiger partial charge in [-0.25, -0.2) is 4.98 Å². The Morgan fingerprint density at radius 1 is 1.03 bits per heavy atom. The van der Waals surface area contributed by atoms with E-state index in [9.17, 15) is 4.79 Å². The summed E-state index contributed by atoms with van der Waals surface area (Å²) >= 11 is 12.2. The number of nitrogens with zero attached hydrogens (tertiary/aromatic N) is 3. The van der Waals surface area contributed by atoms with E-state index in [0.29, 0.717) is 27.9 Å². The van der Waals surface area contributed by atoms with Crippen molar-refractivity contribution in [2.75, 3.05) is 44.2 Å². The minimum Gasteiger partial charge on any atom is -0.489 e. The second kappa shape index (κ2) is 10.8. The maximum atomic E-state index is 12.7. The number of benzene rings is 1. The van der Waals surface area contributed by atoms with E-state index in [2.05, 4.69) is 20.9 Å².